The molecule has 2 amide bonds. The predicted octanol–water partition coefficient (Wildman–Crippen LogP) is 1.37. The van der Waals surface area contributed by atoms with Crippen LogP contribution < -0.4 is 10.1 Å². The van der Waals surface area contributed by atoms with E-state index >= 15 is 0 Å². The van der Waals surface area contributed by atoms with Gasteiger partial charge in [-0.1, -0.05) is 0 Å². The van der Waals surface area contributed by atoms with Gasteiger partial charge in [0, 0.05) is 37.8 Å². The van der Waals surface area contributed by atoms with Crippen LogP contribution >= 0.6 is 0 Å². The molecular weight excluding hydrogens is 358 g/mol. The lowest BCUT2D eigenvalue weighted by Gasteiger charge is -2.34. The monoisotopic (exact) mass is 385 g/mol. The third-order valence-corrected chi connectivity index (χ3v) is 4.67. The van der Waals surface area contributed by atoms with Gasteiger partial charge < -0.3 is 15.0 Å². The van der Waals surface area contributed by atoms with Crippen molar-refractivity contribution < 1.29 is 14.3 Å². The molecule has 150 valence electrons. The van der Waals surface area contributed by atoms with Gasteiger partial charge in [0.1, 0.15) is 11.4 Å². The quantitative estimate of drug-likeness (QED) is 0.784. The van der Waals surface area contributed by atoms with Crippen LogP contribution in [0.1, 0.15) is 24.3 Å². The van der Waals surface area contributed by atoms with E-state index in [-0.39, 0.29) is 17.9 Å². The molecule has 8 heteroatoms. The van der Waals surface area contributed by atoms with Crippen LogP contribution in [-0.4, -0.2) is 77.7 Å². The van der Waals surface area contributed by atoms with E-state index in [4.69, 9.17) is 4.74 Å². The molecule has 0 bridgehead atoms. The van der Waals surface area contributed by atoms with Crippen LogP contribution in [0.3, 0.4) is 0 Å². The van der Waals surface area contributed by atoms with Gasteiger partial charge in [0.2, 0.25) is 5.91 Å². The number of hydrogen-bond acceptors (Lipinski definition) is 5. The Bertz CT molecular complexity index is 808. The summed E-state index contributed by atoms with van der Waals surface area (Å²) in [6, 6.07) is 9.44. The first-order valence-electron chi connectivity index (χ1n) is 9.47. The Morgan fingerprint density at radius 1 is 1.18 bits per heavy atom. The summed E-state index contributed by atoms with van der Waals surface area (Å²) in [4.78, 5) is 28.5. The van der Waals surface area contributed by atoms with Crippen LogP contribution in [0, 0.1) is 0 Å². The standard InChI is InChI=1S/C20H27N5O3/c1-14(2)21-19(26)13-24-8-10-25(11-9-24)20(27)18-12-17(22-23-18)15-4-6-16(28-3)7-5-15/h4-7,12,14H,8-11,13H2,1-3H3,(H,21,26)(H,22,23). The molecule has 1 saturated heterocycles. The summed E-state index contributed by atoms with van der Waals surface area (Å²) in [5, 5.41) is 10.0. The first-order valence-corrected chi connectivity index (χ1v) is 9.47. The minimum atomic E-state index is -0.0708. The van der Waals surface area contributed by atoms with Crippen molar-refractivity contribution in [1.82, 2.24) is 25.3 Å². The number of nitrogens with zero attached hydrogens (tertiary/aromatic N) is 3. The summed E-state index contributed by atoms with van der Waals surface area (Å²) in [6.07, 6.45) is 0. The summed E-state index contributed by atoms with van der Waals surface area (Å²) >= 11 is 0. The van der Waals surface area contributed by atoms with E-state index in [1.54, 1.807) is 18.1 Å². The number of benzene rings is 1. The molecule has 0 aliphatic carbocycles. The van der Waals surface area contributed by atoms with Crippen LogP contribution in [0.2, 0.25) is 0 Å². The molecule has 2 N–H and O–H groups in total. The number of aromatic amines is 1. The van der Waals surface area contributed by atoms with E-state index in [0.717, 1.165) is 17.0 Å². The summed E-state index contributed by atoms with van der Waals surface area (Å²) < 4.78 is 5.16. The largest absolute Gasteiger partial charge is 0.497 e. The first kappa shape index (κ1) is 19.9. The Morgan fingerprint density at radius 2 is 1.86 bits per heavy atom. The molecule has 0 spiro atoms. The molecule has 1 aliphatic heterocycles. The summed E-state index contributed by atoms with van der Waals surface area (Å²) in [7, 11) is 1.62. The maximum atomic E-state index is 12.8. The minimum Gasteiger partial charge on any atom is -0.497 e. The Labute approximate surface area is 164 Å². The molecule has 28 heavy (non-hydrogen) atoms. The molecule has 1 aromatic heterocycles. The van der Waals surface area contributed by atoms with Crippen molar-refractivity contribution in [2.24, 2.45) is 0 Å². The smallest absolute Gasteiger partial charge is 0.271 e. The van der Waals surface area contributed by atoms with Crippen LogP contribution in [0.4, 0.5) is 0 Å². The fourth-order valence-corrected chi connectivity index (χ4v) is 3.19. The second kappa shape index (κ2) is 8.88. The molecule has 0 saturated carbocycles. The van der Waals surface area contributed by atoms with Gasteiger partial charge in [-0.15, -0.1) is 0 Å². The highest BCUT2D eigenvalue weighted by Gasteiger charge is 2.24. The van der Waals surface area contributed by atoms with Crippen molar-refractivity contribution in [3.8, 4) is 17.0 Å². The maximum Gasteiger partial charge on any atom is 0.271 e. The summed E-state index contributed by atoms with van der Waals surface area (Å²) in [5.41, 5.74) is 2.10. The topological polar surface area (TPSA) is 90.6 Å². The zero-order valence-corrected chi connectivity index (χ0v) is 16.6. The number of piperazine rings is 1. The third kappa shape index (κ3) is 4.89. The van der Waals surface area contributed by atoms with Crippen molar-refractivity contribution >= 4 is 11.8 Å². The zero-order chi connectivity index (χ0) is 20.1. The first-order chi connectivity index (χ1) is 13.5. The number of nitrogens with one attached hydrogen (secondary N) is 2. The SMILES string of the molecule is COc1ccc(-c2cc(C(=O)N3CCN(CC(=O)NC(C)C)CC3)[nH]n2)cc1. The normalized spacial score (nSPS) is 14.9. The average molecular weight is 385 g/mol. The van der Waals surface area contributed by atoms with Crippen molar-refractivity contribution in [2.45, 2.75) is 19.9 Å². The molecule has 3 rings (SSSR count). The van der Waals surface area contributed by atoms with Gasteiger partial charge in [-0.05, 0) is 44.2 Å². The van der Waals surface area contributed by atoms with Crippen molar-refractivity contribution in [1.29, 1.82) is 0 Å². The molecule has 2 aromatic rings. The van der Waals surface area contributed by atoms with Crippen LogP contribution in [-0.2, 0) is 4.79 Å². The van der Waals surface area contributed by atoms with Gasteiger partial charge in [0.05, 0.1) is 19.3 Å². The molecule has 0 atom stereocenters. The lowest BCUT2D eigenvalue weighted by Crippen LogP contribution is -2.51. The number of rotatable bonds is 6. The van der Waals surface area contributed by atoms with E-state index in [1.807, 2.05) is 38.1 Å². The highest BCUT2D eigenvalue weighted by molar-refractivity contribution is 5.93. The van der Waals surface area contributed by atoms with Gasteiger partial charge >= 0.3 is 0 Å². The highest BCUT2D eigenvalue weighted by atomic mass is 16.5. The van der Waals surface area contributed by atoms with Gasteiger partial charge in [-0.3, -0.25) is 19.6 Å². The van der Waals surface area contributed by atoms with Gasteiger partial charge in [-0.2, -0.15) is 5.10 Å². The molecule has 8 nitrogen and oxygen atoms in total. The van der Waals surface area contributed by atoms with E-state index in [9.17, 15) is 9.59 Å². The lowest BCUT2D eigenvalue weighted by molar-refractivity contribution is -0.123. The molecular formula is C20H27N5O3. The van der Waals surface area contributed by atoms with E-state index in [0.29, 0.717) is 38.4 Å². The van der Waals surface area contributed by atoms with Crippen molar-refractivity contribution in [3.63, 3.8) is 0 Å². The van der Waals surface area contributed by atoms with E-state index in [1.165, 1.54) is 0 Å². The number of H-pyrrole nitrogens is 1. The van der Waals surface area contributed by atoms with Crippen molar-refractivity contribution in [3.05, 3.63) is 36.0 Å². The van der Waals surface area contributed by atoms with E-state index < -0.39 is 0 Å². The molecule has 1 fully saturated rings. The fourth-order valence-electron chi connectivity index (χ4n) is 3.19. The predicted molar refractivity (Wildman–Crippen MR) is 106 cm³/mol. The van der Waals surface area contributed by atoms with Gasteiger partial charge in [-0.25, -0.2) is 0 Å². The van der Waals surface area contributed by atoms with Gasteiger partial charge in [0.25, 0.3) is 5.91 Å². The molecule has 0 unspecified atom stereocenters. The number of carbonyl (C=O) groups excluding carboxylic acids is 2. The number of ether oxygens (including phenoxy) is 1. The molecule has 1 aromatic carbocycles. The van der Waals surface area contributed by atoms with Crippen LogP contribution in [0.15, 0.2) is 30.3 Å². The average Bonchev–Trinajstić information content (AvgIpc) is 3.17. The van der Waals surface area contributed by atoms with Crippen LogP contribution in [0.5, 0.6) is 5.75 Å². The lowest BCUT2D eigenvalue weighted by atomic mass is 10.1. The Hall–Kier alpha value is -2.87. The Morgan fingerprint density at radius 3 is 2.46 bits per heavy atom. The second-order valence-electron chi connectivity index (χ2n) is 7.19. The number of methoxy groups -OCH3 is 1. The second-order valence-corrected chi connectivity index (χ2v) is 7.19. The number of carbonyl (C=O) groups is 2. The molecule has 1 aliphatic rings. The molecule has 2 heterocycles. The zero-order valence-electron chi connectivity index (χ0n) is 16.6. The maximum absolute atomic E-state index is 12.8. The summed E-state index contributed by atoms with van der Waals surface area (Å²) in [5.74, 6) is 0.724. The molecule has 0 radical (unpaired) electrons. The minimum absolute atomic E-state index is 0.0208. The highest BCUT2D eigenvalue weighted by Crippen LogP contribution is 2.21. The number of aromatic nitrogens is 2. The number of amides is 2. The van der Waals surface area contributed by atoms with Gasteiger partial charge in [0.15, 0.2) is 0 Å². The summed E-state index contributed by atoms with van der Waals surface area (Å²) in [6.45, 7) is 6.78. The van der Waals surface area contributed by atoms with Crippen LogP contribution in [0.25, 0.3) is 11.3 Å². The number of hydrogen-bond donors (Lipinski definition) is 2. The third-order valence-electron chi connectivity index (χ3n) is 4.67. The Balaban J connectivity index is 1.55. The fraction of sp³-hybridized carbons (Fsp3) is 0.450. The Kier molecular flexibility index (Phi) is 6.30. The van der Waals surface area contributed by atoms with E-state index in [2.05, 4.69) is 20.4 Å². The van der Waals surface area contributed by atoms with Crippen molar-refractivity contribution in [2.75, 3.05) is 39.8 Å².